The number of alkyl halides is 1. The summed E-state index contributed by atoms with van der Waals surface area (Å²) in [5.74, 6) is 0.00776. The SMILES string of the molecule is O=C(OCc1ccccc1)N1CC[C@H](CF)C[C@@H]1c1ccccc1. The lowest BCUT2D eigenvalue weighted by molar-refractivity contribution is 0.0530. The molecule has 0 spiro atoms. The standard InChI is InChI=1S/C20H22FNO2/c21-14-17-11-12-22(19(13-17)18-9-5-2-6-10-18)20(23)24-15-16-7-3-1-4-8-16/h1-10,17,19H,11-15H2/t17-,19+/m0/s1. The quantitative estimate of drug-likeness (QED) is 0.811. The Labute approximate surface area is 142 Å². The molecule has 0 radical (unpaired) electrons. The lowest BCUT2D eigenvalue weighted by Gasteiger charge is -2.38. The molecule has 0 bridgehead atoms. The first-order valence-corrected chi connectivity index (χ1v) is 8.36. The van der Waals surface area contributed by atoms with Crippen LogP contribution in [-0.2, 0) is 11.3 Å². The summed E-state index contributed by atoms with van der Waals surface area (Å²) in [5, 5.41) is 0. The van der Waals surface area contributed by atoms with Gasteiger partial charge in [0.2, 0.25) is 0 Å². The molecule has 1 aliphatic heterocycles. The van der Waals surface area contributed by atoms with Crippen molar-refractivity contribution in [1.82, 2.24) is 4.90 Å². The molecule has 3 rings (SSSR count). The number of hydrogen-bond donors (Lipinski definition) is 0. The number of piperidine rings is 1. The number of likely N-dealkylation sites (tertiary alicyclic amines) is 1. The Bertz CT molecular complexity index is 647. The van der Waals surface area contributed by atoms with Crippen LogP contribution in [0.15, 0.2) is 60.7 Å². The maximum absolute atomic E-state index is 13.1. The first-order chi connectivity index (χ1) is 11.8. The van der Waals surface area contributed by atoms with Crippen molar-refractivity contribution in [3.8, 4) is 0 Å². The van der Waals surface area contributed by atoms with Crippen LogP contribution in [0.2, 0.25) is 0 Å². The Morgan fingerprint density at radius 3 is 2.42 bits per heavy atom. The Morgan fingerprint density at radius 2 is 1.75 bits per heavy atom. The molecule has 3 nitrogen and oxygen atoms in total. The summed E-state index contributed by atoms with van der Waals surface area (Å²) < 4.78 is 18.6. The van der Waals surface area contributed by atoms with Gasteiger partial charge < -0.3 is 9.64 Å². The second kappa shape index (κ2) is 7.95. The molecule has 1 aliphatic rings. The maximum Gasteiger partial charge on any atom is 0.410 e. The zero-order valence-electron chi connectivity index (χ0n) is 13.6. The molecular formula is C20H22FNO2. The normalized spacial score (nSPS) is 20.6. The van der Waals surface area contributed by atoms with Crippen molar-refractivity contribution in [3.63, 3.8) is 0 Å². The number of rotatable bonds is 4. The van der Waals surface area contributed by atoms with Crippen molar-refractivity contribution in [3.05, 3.63) is 71.8 Å². The first kappa shape index (κ1) is 16.5. The van der Waals surface area contributed by atoms with Crippen LogP contribution in [0.5, 0.6) is 0 Å². The summed E-state index contributed by atoms with van der Waals surface area (Å²) in [4.78, 5) is 14.3. The van der Waals surface area contributed by atoms with Gasteiger partial charge in [-0.2, -0.15) is 0 Å². The Kier molecular flexibility index (Phi) is 5.47. The summed E-state index contributed by atoms with van der Waals surface area (Å²) in [7, 11) is 0. The summed E-state index contributed by atoms with van der Waals surface area (Å²) in [5.41, 5.74) is 1.99. The van der Waals surface area contributed by atoms with Gasteiger partial charge in [-0.05, 0) is 29.9 Å². The van der Waals surface area contributed by atoms with Gasteiger partial charge in [0.25, 0.3) is 0 Å². The third-order valence-corrected chi connectivity index (χ3v) is 4.55. The van der Waals surface area contributed by atoms with Crippen LogP contribution in [0.4, 0.5) is 9.18 Å². The van der Waals surface area contributed by atoms with E-state index in [1.165, 1.54) is 0 Å². The number of nitrogens with zero attached hydrogens (tertiary/aromatic N) is 1. The summed E-state index contributed by atoms with van der Waals surface area (Å²) in [6.45, 7) is 0.447. The number of benzene rings is 2. The van der Waals surface area contributed by atoms with Gasteiger partial charge in [0.15, 0.2) is 0 Å². The second-order valence-electron chi connectivity index (χ2n) is 6.20. The van der Waals surface area contributed by atoms with Crippen molar-refractivity contribution in [1.29, 1.82) is 0 Å². The smallest absolute Gasteiger partial charge is 0.410 e. The Hall–Kier alpha value is -2.36. The van der Waals surface area contributed by atoms with E-state index < -0.39 is 0 Å². The van der Waals surface area contributed by atoms with Crippen molar-refractivity contribution in [2.75, 3.05) is 13.2 Å². The molecule has 2 atom stereocenters. The maximum atomic E-state index is 13.1. The van der Waals surface area contributed by atoms with Crippen LogP contribution in [-0.4, -0.2) is 24.2 Å². The molecular weight excluding hydrogens is 305 g/mol. The van der Waals surface area contributed by atoms with Crippen molar-refractivity contribution >= 4 is 6.09 Å². The van der Waals surface area contributed by atoms with Gasteiger partial charge in [-0.25, -0.2) is 4.79 Å². The molecule has 126 valence electrons. The molecule has 0 saturated carbocycles. The predicted octanol–water partition coefficient (Wildman–Crippen LogP) is 4.75. The minimum Gasteiger partial charge on any atom is -0.445 e. The highest BCUT2D eigenvalue weighted by molar-refractivity contribution is 5.68. The zero-order valence-corrected chi connectivity index (χ0v) is 13.6. The number of carbonyl (C=O) groups is 1. The Balaban J connectivity index is 1.70. The predicted molar refractivity (Wildman–Crippen MR) is 91.2 cm³/mol. The fourth-order valence-corrected chi connectivity index (χ4v) is 3.19. The van der Waals surface area contributed by atoms with Crippen molar-refractivity contribution in [2.45, 2.75) is 25.5 Å². The lowest BCUT2D eigenvalue weighted by atomic mass is 9.88. The van der Waals surface area contributed by atoms with Gasteiger partial charge in [-0.1, -0.05) is 60.7 Å². The lowest BCUT2D eigenvalue weighted by Crippen LogP contribution is -2.41. The summed E-state index contributed by atoms with van der Waals surface area (Å²) in [6.07, 6.45) is 0.992. The van der Waals surface area contributed by atoms with Gasteiger partial charge in [0.1, 0.15) is 6.61 Å². The third-order valence-electron chi connectivity index (χ3n) is 4.55. The van der Waals surface area contributed by atoms with E-state index in [4.69, 9.17) is 4.74 Å². The minimum absolute atomic E-state index is 0.00776. The highest BCUT2D eigenvalue weighted by Gasteiger charge is 2.33. The molecule has 0 aromatic heterocycles. The second-order valence-corrected chi connectivity index (χ2v) is 6.20. The van der Waals surface area contributed by atoms with Crippen LogP contribution in [0.1, 0.15) is 30.0 Å². The average Bonchev–Trinajstić information content (AvgIpc) is 2.67. The van der Waals surface area contributed by atoms with Crippen LogP contribution in [0, 0.1) is 5.92 Å². The number of amides is 1. The van der Waals surface area contributed by atoms with Gasteiger partial charge >= 0.3 is 6.09 Å². The van der Waals surface area contributed by atoms with Gasteiger partial charge in [-0.15, -0.1) is 0 Å². The van der Waals surface area contributed by atoms with Crippen LogP contribution in [0.25, 0.3) is 0 Å². The third kappa shape index (κ3) is 3.94. The molecule has 1 heterocycles. The highest BCUT2D eigenvalue weighted by Crippen LogP contribution is 2.34. The average molecular weight is 327 g/mol. The van der Waals surface area contributed by atoms with E-state index in [0.29, 0.717) is 19.4 Å². The first-order valence-electron chi connectivity index (χ1n) is 8.36. The molecule has 1 amide bonds. The van der Waals surface area contributed by atoms with Crippen LogP contribution < -0.4 is 0 Å². The van der Waals surface area contributed by atoms with E-state index in [0.717, 1.165) is 11.1 Å². The molecule has 1 saturated heterocycles. The number of ether oxygens (including phenoxy) is 1. The molecule has 4 heteroatoms. The fourth-order valence-electron chi connectivity index (χ4n) is 3.19. The van der Waals surface area contributed by atoms with Crippen molar-refractivity contribution < 1.29 is 13.9 Å². The molecule has 2 aromatic carbocycles. The number of carbonyl (C=O) groups excluding carboxylic acids is 1. The van der Waals surface area contributed by atoms with Crippen LogP contribution >= 0.6 is 0 Å². The molecule has 1 fully saturated rings. The van der Waals surface area contributed by atoms with E-state index in [2.05, 4.69) is 0 Å². The van der Waals surface area contributed by atoms with Crippen molar-refractivity contribution in [2.24, 2.45) is 5.92 Å². The summed E-state index contributed by atoms with van der Waals surface area (Å²) in [6, 6.07) is 19.3. The molecule has 0 N–H and O–H groups in total. The number of hydrogen-bond acceptors (Lipinski definition) is 2. The molecule has 2 aromatic rings. The van der Waals surface area contributed by atoms with Gasteiger partial charge in [0, 0.05) is 6.54 Å². The zero-order chi connectivity index (χ0) is 16.8. The van der Waals surface area contributed by atoms with E-state index in [1.54, 1.807) is 4.90 Å². The van der Waals surface area contributed by atoms with E-state index >= 15 is 0 Å². The monoisotopic (exact) mass is 327 g/mol. The Morgan fingerprint density at radius 1 is 1.08 bits per heavy atom. The topological polar surface area (TPSA) is 29.5 Å². The minimum atomic E-state index is -0.337. The van der Waals surface area contributed by atoms with E-state index in [1.807, 2.05) is 60.7 Å². The van der Waals surface area contributed by atoms with E-state index in [9.17, 15) is 9.18 Å². The highest BCUT2D eigenvalue weighted by atomic mass is 19.1. The fraction of sp³-hybridized carbons (Fsp3) is 0.350. The molecule has 24 heavy (non-hydrogen) atoms. The van der Waals surface area contributed by atoms with E-state index in [-0.39, 0.29) is 31.3 Å². The van der Waals surface area contributed by atoms with Gasteiger partial charge in [0.05, 0.1) is 12.7 Å². The largest absolute Gasteiger partial charge is 0.445 e. The van der Waals surface area contributed by atoms with Gasteiger partial charge in [-0.3, -0.25) is 4.39 Å². The molecule has 0 unspecified atom stereocenters. The molecule has 0 aliphatic carbocycles. The number of halogens is 1. The summed E-state index contributed by atoms with van der Waals surface area (Å²) >= 11 is 0. The van der Waals surface area contributed by atoms with Crippen LogP contribution in [0.3, 0.4) is 0 Å².